The molecule has 25 heavy (non-hydrogen) atoms. The molecule has 6 nitrogen and oxygen atoms in total. The smallest absolute Gasteiger partial charge is 0.274 e. The number of hydrogen-bond acceptors (Lipinski definition) is 4. The van der Waals surface area contributed by atoms with Gasteiger partial charge in [0.15, 0.2) is 0 Å². The summed E-state index contributed by atoms with van der Waals surface area (Å²) < 4.78 is 7.25. The fourth-order valence-electron chi connectivity index (χ4n) is 3.28. The molecule has 4 rings (SSSR count). The zero-order valence-corrected chi connectivity index (χ0v) is 13.9. The maximum atomic E-state index is 12.3. The van der Waals surface area contributed by atoms with Gasteiger partial charge in [-0.15, -0.1) is 0 Å². The Morgan fingerprint density at radius 1 is 1.16 bits per heavy atom. The van der Waals surface area contributed by atoms with Gasteiger partial charge in [0.2, 0.25) is 11.7 Å². The molecule has 0 atom stereocenters. The van der Waals surface area contributed by atoms with Crippen LogP contribution in [0.1, 0.15) is 25.7 Å². The molecule has 1 aliphatic carbocycles. The largest absolute Gasteiger partial charge is 0.352 e. The summed E-state index contributed by atoms with van der Waals surface area (Å²) in [5, 5.41) is 7.15. The first-order valence-electron chi connectivity index (χ1n) is 8.63. The molecule has 128 valence electrons. The van der Waals surface area contributed by atoms with Gasteiger partial charge < -0.3 is 14.4 Å². The molecular formula is C19H20N4O2. The van der Waals surface area contributed by atoms with Crippen molar-refractivity contribution in [1.82, 2.24) is 20.0 Å². The van der Waals surface area contributed by atoms with Crippen molar-refractivity contribution in [3.05, 3.63) is 48.7 Å². The molecule has 1 amide bonds. The molecule has 0 radical (unpaired) electrons. The van der Waals surface area contributed by atoms with E-state index in [9.17, 15) is 4.79 Å². The molecule has 2 heterocycles. The lowest BCUT2D eigenvalue weighted by atomic mass is 10.2. The van der Waals surface area contributed by atoms with Gasteiger partial charge in [-0.3, -0.25) is 4.79 Å². The summed E-state index contributed by atoms with van der Waals surface area (Å²) in [6, 6.07) is 13.8. The van der Waals surface area contributed by atoms with E-state index in [1.54, 1.807) is 0 Å². The minimum Gasteiger partial charge on any atom is -0.352 e. The van der Waals surface area contributed by atoms with Crippen LogP contribution in [0.5, 0.6) is 0 Å². The zero-order chi connectivity index (χ0) is 17.1. The predicted octanol–water partition coefficient (Wildman–Crippen LogP) is 3.26. The molecule has 0 unspecified atom stereocenters. The highest BCUT2D eigenvalue weighted by Crippen LogP contribution is 2.23. The van der Waals surface area contributed by atoms with Gasteiger partial charge in [-0.25, -0.2) is 0 Å². The molecular weight excluding hydrogens is 316 g/mol. The van der Waals surface area contributed by atoms with Crippen LogP contribution in [-0.2, 0) is 11.3 Å². The maximum Gasteiger partial charge on any atom is 0.274 e. The molecule has 0 bridgehead atoms. The van der Waals surface area contributed by atoms with Crippen molar-refractivity contribution >= 4 is 5.91 Å². The van der Waals surface area contributed by atoms with Crippen LogP contribution in [0.15, 0.2) is 53.2 Å². The zero-order valence-electron chi connectivity index (χ0n) is 13.9. The normalized spacial score (nSPS) is 14.7. The lowest BCUT2D eigenvalue weighted by Gasteiger charge is -2.13. The van der Waals surface area contributed by atoms with E-state index in [2.05, 4.69) is 15.5 Å². The molecule has 0 saturated heterocycles. The van der Waals surface area contributed by atoms with Crippen LogP contribution < -0.4 is 5.32 Å². The number of rotatable bonds is 5. The average Bonchev–Trinajstić information content (AvgIpc) is 3.36. The van der Waals surface area contributed by atoms with Gasteiger partial charge in [0.25, 0.3) is 5.89 Å². The van der Waals surface area contributed by atoms with Gasteiger partial charge in [-0.05, 0) is 25.0 Å². The van der Waals surface area contributed by atoms with Crippen molar-refractivity contribution in [1.29, 1.82) is 0 Å². The molecule has 3 aromatic rings. The van der Waals surface area contributed by atoms with Crippen LogP contribution >= 0.6 is 0 Å². The molecule has 1 aliphatic rings. The van der Waals surface area contributed by atoms with Gasteiger partial charge in [0.05, 0.1) is 0 Å². The van der Waals surface area contributed by atoms with Crippen molar-refractivity contribution in [2.75, 3.05) is 0 Å². The minimum atomic E-state index is 0.0205. The third kappa shape index (κ3) is 3.47. The molecule has 1 saturated carbocycles. The Morgan fingerprint density at radius 3 is 2.76 bits per heavy atom. The van der Waals surface area contributed by atoms with Gasteiger partial charge in [-0.1, -0.05) is 48.3 Å². The topological polar surface area (TPSA) is 73.0 Å². The molecule has 6 heteroatoms. The molecule has 2 aromatic heterocycles. The lowest BCUT2D eigenvalue weighted by Crippen LogP contribution is -2.35. The van der Waals surface area contributed by atoms with Gasteiger partial charge >= 0.3 is 0 Å². The third-order valence-corrected chi connectivity index (χ3v) is 4.54. The van der Waals surface area contributed by atoms with Gasteiger partial charge in [0.1, 0.15) is 12.2 Å². The van der Waals surface area contributed by atoms with Crippen molar-refractivity contribution in [2.24, 2.45) is 0 Å². The second-order valence-corrected chi connectivity index (χ2v) is 6.36. The quantitative estimate of drug-likeness (QED) is 0.776. The Morgan fingerprint density at radius 2 is 1.96 bits per heavy atom. The summed E-state index contributed by atoms with van der Waals surface area (Å²) in [5.41, 5.74) is 1.64. The predicted molar refractivity (Wildman–Crippen MR) is 93.6 cm³/mol. The standard InChI is InChI=1S/C19H20N4O2/c24-17(20-15-9-4-5-10-15)13-23-12-6-11-16(23)19-21-18(22-25-19)14-7-2-1-3-8-14/h1-3,6-8,11-12,15H,4-5,9-10,13H2,(H,20,24). The summed E-state index contributed by atoms with van der Waals surface area (Å²) >= 11 is 0. The average molecular weight is 336 g/mol. The highest BCUT2D eigenvalue weighted by Gasteiger charge is 2.19. The van der Waals surface area contributed by atoms with Crippen molar-refractivity contribution in [3.8, 4) is 23.0 Å². The van der Waals surface area contributed by atoms with E-state index in [0.717, 1.165) is 24.1 Å². The number of benzene rings is 1. The van der Waals surface area contributed by atoms with Crippen LogP contribution in [0.2, 0.25) is 0 Å². The van der Waals surface area contributed by atoms with E-state index in [1.165, 1.54) is 12.8 Å². The number of carbonyl (C=O) groups excluding carboxylic acids is 1. The number of nitrogens with one attached hydrogen (secondary N) is 1. The number of aromatic nitrogens is 3. The Labute approximate surface area is 145 Å². The second kappa shape index (κ2) is 6.93. The summed E-state index contributed by atoms with van der Waals surface area (Å²) in [4.78, 5) is 16.7. The van der Waals surface area contributed by atoms with E-state index in [1.807, 2.05) is 53.2 Å². The Balaban J connectivity index is 1.49. The van der Waals surface area contributed by atoms with E-state index in [4.69, 9.17) is 4.52 Å². The highest BCUT2D eigenvalue weighted by atomic mass is 16.5. The van der Waals surface area contributed by atoms with E-state index >= 15 is 0 Å². The minimum absolute atomic E-state index is 0.0205. The monoisotopic (exact) mass is 336 g/mol. The molecule has 1 fully saturated rings. The van der Waals surface area contributed by atoms with Gasteiger partial charge in [0, 0.05) is 17.8 Å². The molecule has 0 aliphatic heterocycles. The maximum absolute atomic E-state index is 12.3. The summed E-state index contributed by atoms with van der Waals surface area (Å²) in [6.07, 6.45) is 6.41. The first-order valence-corrected chi connectivity index (χ1v) is 8.63. The van der Waals surface area contributed by atoms with Crippen LogP contribution in [0, 0.1) is 0 Å². The number of carbonyl (C=O) groups is 1. The summed E-state index contributed by atoms with van der Waals surface area (Å²) in [5.74, 6) is 0.975. The fourth-order valence-corrected chi connectivity index (χ4v) is 3.28. The molecule has 1 aromatic carbocycles. The number of amides is 1. The molecule has 0 spiro atoms. The Bertz CT molecular complexity index is 847. The van der Waals surface area contributed by atoms with Crippen molar-refractivity contribution < 1.29 is 9.32 Å². The number of nitrogens with zero attached hydrogens (tertiary/aromatic N) is 3. The van der Waals surface area contributed by atoms with Crippen LogP contribution in [0.25, 0.3) is 23.0 Å². The second-order valence-electron chi connectivity index (χ2n) is 6.36. The highest BCUT2D eigenvalue weighted by molar-refractivity contribution is 5.76. The van der Waals surface area contributed by atoms with Crippen LogP contribution in [0.3, 0.4) is 0 Å². The Hall–Kier alpha value is -2.89. The molecule has 1 N–H and O–H groups in total. The van der Waals surface area contributed by atoms with E-state index in [0.29, 0.717) is 17.8 Å². The van der Waals surface area contributed by atoms with E-state index < -0.39 is 0 Å². The van der Waals surface area contributed by atoms with Crippen molar-refractivity contribution in [2.45, 2.75) is 38.3 Å². The van der Waals surface area contributed by atoms with E-state index in [-0.39, 0.29) is 12.5 Å². The number of hydrogen-bond donors (Lipinski definition) is 1. The van der Waals surface area contributed by atoms with Crippen LogP contribution in [0.4, 0.5) is 0 Å². The fraction of sp³-hybridized carbons (Fsp3) is 0.316. The SMILES string of the molecule is O=C(Cn1cccc1-c1nc(-c2ccccc2)no1)NC1CCCC1. The Kier molecular flexibility index (Phi) is 4.33. The first-order chi connectivity index (χ1) is 12.3. The summed E-state index contributed by atoms with van der Waals surface area (Å²) in [7, 11) is 0. The van der Waals surface area contributed by atoms with Crippen molar-refractivity contribution in [3.63, 3.8) is 0 Å². The lowest BCUT2D eigenvalue weighted by molar-refractivity contribution is -0.122. The van der Waals surface area contributed by atoms with Crippen LogP contribution in [-0.4, -0.2) is 26.7 Å². The first kappa shape index (κ1) is 15.6. The third-order valence-electron chi connectivity index (χ3n) is 4.54. The summed E-state index contributed by atoms with van der Waals surface area (Å²) in [6.45, 7) is 0.252. The van der Waals surface area contributed by atoms with Gasteiger partial charge in [-0.2, -0.15) is 4.98 Å².